The Morgan fingerprint density at radius 1 is 0.522 bits per heavy atom. The summed E-state index contributed by atoms with van der Waals surface area (Å²) in [5, 5.41) is 2.21. The van der Waals surface area contributed by atoms with Crippen LogP contribution in [0.25, 0.3) is 49.9 Å². The number of fused-ring (bicyclic) bond motifs is 4. The van der Waals surface area contributed by atoms with Gasteiger partial charge in [-0.25, -0.2) is 4.98 Å². The Labute approximate surface area is 424 Å². The van der Waals surface area contributed by atoms with Crippen LogP contribution in [0.5, 0.6) is 11.5 Å². The van der Waals surface area contributed by atoms with Gasteiger partial charge in [0.15, 0.2) is 0 Å². The van der Waals surface area contributed by atoms with Gasteiger partial charge in [-0.3, -0.25) is 0 Å². The van der Waals surface area contributed by atoms with Crippen molar-refractivity contribution in [2.24, 2.45) is 0 Å². The van der Waals surface area contributed by atoms with E-state index in [9.17, 15) is 0 Å². The molecule has 9 aromatic rings. The maximum Gasteiger partial charge on any atom is 0.135 e. The number of aryl methyl sites for hydroxylation is 3. The number of pyridine rings is 1. The topological polar surface area (TPSA) is 33.5 Å². The Morgan fingerprint density at radius 3 is 1.78 bits per heavy atom. The second-order valence-electron chi connectivity index (χ2n) is 21.7. The molecule has 0 radical (unpaired) electrons. The molecule has 6 heteroatoms. The Bertz CT molecular complexity index is 3340. The summed E-state index contributed by atoms with van der Waals surface area (Å²) in [5.74, 6) is 2.03. The van der Waals surface area contributed by atoms with Crippen LogP contribution in [0.1, 0.15) is 95.7 Å². The maximum absolute atomic E-state index is 6.96. The summed E-state index contributed by atoms with van der Waals surface area (Å²) >= 11 is 0. The first kappa shape index (κ1) is 47.6. The summed E-state index contributed by atoms with van der Waals surface area (Å²) in [4.78, 5) is 9.70. The third-order valence-electron chi connectivity index (χ3n) is 13.6. The molecule has 2 aromatic heterocycles. The number of hydrogen-bond donors (Lipinski definition) is 0. The van der Waals surface area contributed by atoms with Crippen LogP contribution in [0, 0.1) is 39.6 Å². The summed E-state index contributed by atoms with van der Waals surface area (Å²) in [7, 11) is 0. The SMILES string of the molecule is Cc1cc(-n2c3[c-]c(Oc4[c-]c(N5[CH-]N(c6cc(C(C)(C)C)cc(C(C)(C)C)c6)c6ccccc65)cc(-c5c(C)cccc5C)c4)ccc3c3ccccc32)ncc1-c1ccc(C(C)(C)C)cc1.[Pt]. The Kier molecular flexibility index (Phi) is 12.3. The quantitative estimate of drug-likeness (QED) is 0.149. The number of para-hydroxylation sites is 3. The van der Waals surface area contributed by atoms with Crippen LogP contribution in [-0.4, -0.2) is 9.55 Å². The molecular weight excluding hydrogens is 1020 g/mol. The largest absolute Gasteiger partial charge is 0.509 e. The number of hydrogen-bond acceptors (Lipinski definition) is 4. The zero-order valence-corrected chi connectivity index (χ0v) is 44.2. The van der Waals surface area contributed by atoms with Crippen LogP contribution in [-0.2, 0) is 37.3 Å². The van der Waals surface area contributed by atoms with E-state index in [-0.39, 0.29) is 37.3 Å². The molecular formula is C63H61N4OPt-3. The average molecular weight is 1090 g/mol. The van der Waals surface area contributed by atoms with Crippen molar-refractivity contribution >= 4 is 44.6 Å². The summed E-state index contributed by atoms with van der Waals surface area (Å²) in [6.45, 7) is 29.2. The van der Waals surface area contributed by atoms with E-state index >= 15 is 0 Å². The van der Waals surface area contributed by atoms with Crippen molar-refractivity contribution in [1.29, 1.82) is 0 Å². The number of rotatable bonds is 7. The molecule has 69 heavy (non-hydrogen) atoms. The molecule has 10 rings (SSSR count). The molecule has 3 heterocycles. The molecule has 0 aliphatic carbocycles. The van der Waals surface area contributed by atoms with E-state index in [1.807, 2.05) is 12.3 Å². The second kappa shape index (κ2) is 17.8. The van der Waals surface area contributed by atoms with Gasteiger partial charge in [-0.1, -0.05) is 147 Å². The minimum Gasteiger partial charge on any atom is -0.509 e. The van der Waals surface area contributed by atoms with Crippen molar-refractivity contribution in [2.45, 2.75) is 99.3 Å². The van der Waals surface area contributed by atoms with Gasteiger partial charge in [0.1, 0.15) is 5.82 Å². The molecule has 0 N–H and O–H groups in total. The number of ether oxygens (including phenoxy) is 1. The van der Waals surface area contributed by atoms with Crippen LogP contribution < -0.4 is 14.5 Å². The van der Waals surface area contributed by atoms with E-state index in [0.29, 0.717) is 11.5 Å². The molecule has 0 bridgehead atoms. The molecule has 5 nitrogen and oxygen atoms in total. The van der Waals surface area contributed by atoms with Crippen LogP contribution >= 0.6 is 0 Å². The van der Waals surface area contributed by atoms with E-state index in [1.165, 1.54) is 33.4 Å². The zero-order valence-electron chi connectivity index (χ0n) is 41.9. The number of nitrogens with zero attached hydrogens (tertiary/aromatic N) is 4. The first-order chi connectivity index (χ1) is 32.3. The van der Waals surface area contributed by atoms with E-state index in [4.69, 9.17) is 9.72 Å². The van der Waals surface area contributed by atoms with Crippen LogP contribution in [0.3, 0.4) is 0 Å². The summed E-state index contributed by atoms with van der Waals surface area (Å²) < 4.78 is 9.17. The monoisotopic (exact) mass is 1080 g/mol. The van der Waals surface area contributed by atoms with Gasteiger partial charge >= 0.3 is 0 Å². The van der Waals surface area contributed by atoms with Crippen LogP contribution in [0.4, 0.5) is 22.7 Å². The van der Waals surface area contributed by atoms with E-state index < -0.39 is 0 Å². The third-order valence-corrected chi connectivity index (χ3v) is 13.6. The van der Waals surface area contributed by atoms with Crippen molar-refractivity contribution in [3.8, 4) is 39.6 Å². The maximum atomic E-state index is 6.96. The smallest absolute Gasteiger partial charge is 0.135 e. The van der Waals surface area contributed by atoms with Gasteiger partial charge in [-0.15, -0.1) is 53.6 Å². The van der Waals surface area contributed by atoms with Gasteiger partial charge in [0.05, 0.1) is 0 Å². The first-order valence-electron chi connectivity index (χ1n) is 23.9. The zero-order chi connectivity index (χ0) is 47.9. The van der Waals surface area contributed by atoms with Crippen LogP contribution in [0.15, 0.2) is 146 Å². The van der Waals surface area contributed by atoms with Crippen molar-refractivity contribution in [3.63, 3.8) is 0 Å². The standard InChI is InChI=1S/C63H61N4O.Pt/c1-40-18-17-19-41(2)60(40)44-31-48(65-39-66(57-23-16-15-22-56(57)65)49-34-46(62(7,8)9)33-47(35-49)63(10,11)12)36-51(32-44)68-50-28-29-53-52-20-13-14-21-55(52)67(58(53)37-50)59-30-42(3)54(38-64-59)43-24-26-45(27-25-43)61(4,5)6;/h13-35,38-39H,1-12H3;/q-3;. The molecule has 1 aliphatic heterocycles. The van der Waals surface area contributed by atoms with Gasteiger partial charge in [0.2, 0.25) is 0 Å². The van der Waals surface area contributed by atoms with E-state index in [1.54, 1.807) is 0 Å². The fourth-order valence-corrected chi connectivity index (χ4v) is 9.66. The fourth-order valence-electron chi connectivity index (χ4n) is 9.66. The second-order valence-corrected chi connectivity index (χ2v) is 21.7. The molecule has 0 fully saturated rings. The van der Waals surface area contributed by atoms with Gasteiger partial charge in [-0.05, 0) is 123 Å². The number of benzene rings is 7. The predicted molar refractivity (Wildman–Crippen MR) is 285 cm³/mol. The number of anilines is 4. The summed E-state index contributed by atoms with van der Waals surface area (Å²) in [5.41, 5.74) is 18.2. The number of aromatic nitrogens is 2. The molecule has 0 amide bonds. The first-order valence-corrected chi connectivity index (χ1v) is 23.9. The van der Waals surface area contributed by atoms with E-state index in [0.717, 1.165) is 72.6 Å². The van der Waals surface area contributed by atoms with Gasteiger partial charge in [0, 0.05) is 66.9 Å². The normalized spacial score (nSPS) is 13.0. The average Bonchev–Trinajstić information content (AvgIpc) is 3.84. The molecule has 7 aromatic carbocycles. The molecule has 0 spiro atoms. The Balaban J connectivity index is 0.00000593. The third kappa shape index (κ3) is 9.03. The predicted octanol–water partition coefficient (Wildman–Crippen LogP) is 17.1. The van der Waals surface area contributed by atoms with Crippen molar-refractivity contribution < 1.29 is 25.8 Å². The molecule has 0 saturated carbocycles. The molecule has 0 atom stereocenters. The molecule has 0 unspecified atom stereocenters. The Morgan fingerprint density at radius 2 is 1.14 bits per heavy atom. The molecule has 352 valence electrons. The molecule has 0 saturated heterocycles. The minimum absolute atomic E-state index is 0. The molecule has 1 aliphatic rings. The van der Waals surface area contributed by atoms with Crippen molar-refractivity contribution in [3.05, 3.63) is 198 Å². The van der Waals surface area contributed by atoms with Gasteiger partial charge in [0.25, 0.3) is 0 Å². The van der Waals surface area contributed by atoms with Crippen LogP contribution in [0.2, 0.25) is 0 Å². The van der Waals surface area contributed by atoms with Crippen molar-refractivity contribution in [1.82, 2.24) is 9.55 Å². The minimum atomic E-state index is -0.0253. The van der Waals surface area contributed by atoms with Crippen molar-refractivity contribution in [2.75, 3.05) is 9.80 Å². The van der Waals surface area contributed by atoms with Gasteiger partial charge < -0.3 is 19.1 Å². The van der Waals surface area contributed by atoms with Gasteiger partial charge in [-0.2, -0.15) is 6.07 Å². The van der Waals surface area contributed by atoms with E-state index in [2.05, 4.69) is 250 Å². The Hall–Kier alpha value is -6.42. The fraction of sp³-hybridized carbons (Fsp3) is 0.238. The summed E-state index contributed by atoms with van der Waals surface area (Å²) in [6.07, 6.45) is 2.01. The summed E-state index contributed by atoms with van der Waals surface area (Å²) in [6, 6.07) is 57.8.